The molecule has 3 aromatic heterocycles. The topological polar surface area (TPSA) is 88.5 Å². The van der Waals surface area contributed by atoms with Gasteiger partial charge in [0.1, 0.15) is 5.82 Å². The Morgan fingerprint density at radius 1 is 1.46 bits per heavy atom. The minimum absolute atomic E-state index is 0.0937. The first-order chi connectivity index (χ1) is 11.5. The van der Waals surface area contributed by atoms with E-state index in [0.717, 1.165) is 29.3 Å². The van der Waals surface area contributed by atoms with Crippen molar-refractivity contribution in [3.63, 3.8) is 0 Å². The number of amides is 1. The molecule has 0 aliphatic carbocycles. The number of nitrogens with one attached hydrogen (secondary N) is 2. The lowest BCUT2D eigenvalue weighted by atomic mass is 10.3. The van der Waals surface area contributed by atoms with Crippen molar-refractivity contribution in [3.8, 4) is 0 Å². The number of nitrogens with zero attached hydrogens (tertiary/aromatic N) is 4. The van der Waals surface area contributed by atoms with E-state index in [1.165, 1.54) is 16.6 Å². The number of thiophene rings is 1. The molecule has 24 heavy (non-hydrogen) atoms. The molecule has 0 saturated carbocycles. The fourth-order valence-corrected chi connectivity index (χ4v) is 3.59. The summed E-state index contributed by atoms with van der Waals surface area (Å²) >= 11 is 2.99. The molecule has 9 heteroatoms. The molecule has 0 aliphatic rings. The van der Waals surface area contributed by atoms with Crippen LogP contribution in [0.5, 0.6) is 0 Å². The third-order valence-corrected chi connectivity index (χ3v) is 5.26. The van der Waals surface area contributed by atoms with Gasteiger partial charge in [-0.2, -0.15) is 5.10 Å². The minimum Gasteiger partial charge on any atom is -0.322 e. The molecule has 0 saturated heterocycles. The van der Waals surface area contributed by atoms with E-state index in [0.29, 0.717) is 5.16 Å². The fourth-order valence-electron chi connectivity index (χ4n) is 2.26. The van der Waals surface area contributed by atoms with Gasteiger partial charge < -0.3 is 5.32 Å². The predicted molar refractivity (Wildman–Crippen MR) is 95.5 cm³/mol. The Morgan fingerprint density at radius 3 is 2.96 bits per heavy atom. The summed E-state index contributed by atoms with van der Waals surface area (Å²) in [6, 6.07) is 4.07. The highest BCUT2D eigenvalue weighted by Crippen LogP contribution is 2.20. The van der Waals surface area contributed by atoms with Crippen molar-refractivity contribution >= 4 is 34.7 Å². The van der Waals surface area contributed by atoms with Crippen molar-refractivity contribution in [2.75, 3.05) is 11.1 Å². The van der Waals surface area contributed by atoms with Crippen LogP contribution >= 0.6 is 23.1 Å². The Bertz CT molecular complexity index is 836. The van der Waals surface area contributed by atoms with E-state index in [9.17, 15) is 4.79 Å². The van der Waals surface area contributed by atoms with Gasteiger partial charge in [0, 0.05) is 18.3 Å². The molecule has 1 amide bonds. The second-order valence-electron chi connectivity index (χ2n) is 5.33. The number of rotatable bonds is 6. The number of aromatic nitrogens is 5. The summed E-state index contributed by atoms with van der Waals surface area (Å²) in [6.45, 7) is 3.80. The minimum atomic E-state index is -0.0937. The van der Waals surface area contributed by atoms with Crippen LogP contribution < -0.4 is 5.32 Å². The number of anilines is 1. The predicted octanol–water partition coefficient (Wildman–Crippen LogP) is 2.54. The van der Waals surface area contributed by atoms with E-state index in [1.54, 1.807) is 16.0 Å². The second-order valence-corrected chi connectivity index (χ2v) is 7.30. The maximum atomic E-state index is 12.1. The molecule has 0 spiro atoms. The Hall–Kier alpha value is -2.13. The highest BCUT2D eigenvalue weighted by molar-refractivity contribution is 7.99. The summed E-state index contributed by atoms with van der Waals surface area (Å²) in [5.74, 6) is 0.965. The first kappa shape index (κ1) is 16.7. The van der Waals surface area contributed by atoms with Gasteiger partial charge in [-0.3, -0.25) is 14.6 Å². The van der Waals surface area contributed by atoms with Crippen LogP contribution in [0.2, 0.25) is 0 Å². The van der Waals surface area contributed by atoms with Crippen LogP contribution in [-0.4, -0.2) is 36.6 Å². The van der Waals surface area contributed by atoms with Crippen molar-refractivity contribution in [2.45, 2.75) is 25.4 Å². The summed E-state index contributed by atoms with van der Waals surface area (Å²) in [4.78, 5) is 17.8. The fraction of sp³-hybridized carbons (Fsp3) is 0.333. The normalized spacial score (nSPS) is 11.0. The van der Waals surface area contributed by atoms with Crippen LogP contribution in [0.25, 0.3) is 0 Å². The van der Waals surface area contributed by atoms with Gasteiger partial charge >= 0.3 is 0 Å². The third-order valence-electron chi connectivity index (χ3n) is 3.54. The molecular weight excluding hydrogens is 344 g/mol. The Labute approximate surface area is 147 Å². The molecule has 3 heterocycles. The monoisotopic (exact) mass is 362 g/mol. The van der Waals surface area contributed by atoms with Gasteiger partial charge in [0.15, 0.2) is 0 Å². The number of hydrogen-bond donors (Lipinski definition) is 2. The highest BCUT2D eigenvalue weighted by atomic mass is 32.2. The Kier molecular flexibility index (Phi) is 5.00. The van der Waals surface area contributed by atoms with Gasteiger partial charge in [-0.05, 0) is 25.3 Å². The molecule has 0 aliphatic heterocycles. The van der Waals surface area contributed by atoms with E-state index in [-0.39, 0.29) is 11.7 Å². The van der Waals surface area contributed by atoms with Crippen LogP contribution in [0.15, 0.2) is 22.7 Å². The van der Waals surface area contributed by atoms with E-state index in [2.05, 4.69) is 31.7 Å². The molecule has 0 atom stereocenters. The number of H-pyrrole nitrogens is 1. The molecule has 0 radical (unpaired) electrons. The molecular formula is C15H18N6OS2. The van der Waals surface area contributed by atoms with Gasteiger partial charge in [-0.25, -0.2) is 4.98 Å². The zero-order chi connectivity index (χ0) is 17.1. The van der Waals surface area contributed by atoms with E-state index in [1.807, 2.05) is 32.3 Å². The summed E-state index contributed by atoms with van der Waals surface area (Å²) in [6.07, 6.45) is 0.728. The lowest BCUT2D eigenvalue weighted by Crippen LogP contribution is -2.15. The van der Waals surface area contributed by atoms with Crippen LogP contribution in [0, 0.1) is 13.8 Å². The molecule has 2 N–H and O–H groups in total. The van der Waals surface area contributed by atoms with Crippen molar-refractivity contribution in [1.82, 2.24) is 25.0 Å². The quantitative estimate of drug-likeness (QED) is 0.658. The molecule has 0 bridgehead atoms. The zero-order valence-corrected chi connectivity index (χ0v) is 15.3. The number of carbonyl (C=O) groups is 1. The lowest BCUT2D eigenvalue weighted by molar-refractivity contribution is -0.113. The van der Waals surface area contributed by atoms with Crippen LogP contribution in [0.1, 0.15) is 22.1 Å². The van der Waals surface area contributed by atoms with E-state index in [4.69, 9.17) is 0 Å². The molecule has 126 valence electrons. The van der Waals surface area contributed by atoms with Gasteiger partial charge in [-0.15, -0.1) is 16.4 Å². The van der Waals surface area contributed by atoms with Crippen molar-refractivity contribution < 1.29 is 4.79 Å². The van der Waals surface area contributed by atoms with Crippen molar-refractivity contribution in [2.24, 2.45) is 7.05 Å². The number of aryl methyl sites for hydroxylation is 2. The Morgan fingerprint density at radius 2 is 2.29 bits per heavy atom. The third kappa shape index (κ3) is 3.85. The maximum absolute atomic E-state index is 12.1. The van der Waals surface area contributed by atoms with Gasteiger partial charge in [-0.1, -0.05) is 17.8 Å². The second kappa shape index (κ2) is 7.18. The van der Waals surface area contributed by atoms with Gasteiger partial charge in [0.25, 0.3) is 0 Å². The summed E-state index contributed by atoms with van der Waals surface area (Å²) in [5.41, 5.74) is 2.52. The first-order valence-electron chi connectivity index (χ1n) is 7.39. The van der Waals surface area contributed by atoms with Crippen LogP contribution in [0.3, 0.4) is 0 Å². The highest BCUT2D eigenvalue weighted by Gasteiger charge is 2.14. The maximum Gasteiger partial charge on any atom is 0.234 e. The standard InChI is InChI=1S/C15H18N6OS2/c1-9-14(10(2)21(3)20-9)17-13(22)8-24-15-16-12(18-19-15)7-11-5-4-6-23-11/h4-6H,7-8H2,1-3H3,(H,17,22)(H,16,18,19). The smallest absolute Gasteiger partial charge is 0.234 e. The van der Waals surface area contributed by atoms with Gasteiger partial charge in [0.2, 0.25) is 11.1 Å². The zero-order valence-electron chi connectivity index (χ0n) is 13.7. The number of aromatic amines is 1. The van der Waals surface area contributed by atoms with Gasteiger partial charge in [0.05, 0.1) is 22.8 Å². The number of carbonyl (C=O) groups excluding carboxylic acids is 1. The molecule has 7 nitrogen and oxygen atoms in total. The number of hydrogen-bond acceptors (Lipinski definition) is 6. The summed E-state index contributed by atoms with van der Waals surface area (Å²) < 4.78 is 1.75. The van der Waals surface area contributed by atoms with Crippen LogP contribution in [0.4, 0.5) is 5.69 Å². The first-order valence-corrected chi connectivity index (χ1v) is 9.26. The summed E-state index contributed by atoms with van der Waals surface area (Å²) in [7, 11) is 1.86. The van der Waals surface area contributed by atoms with E-state index < -0.39 is 0 Å². The SMILES string of the molecule is Cc1nn(C)c(C)c1NC(=O)CSc1n[nH]c(Cc2cccs2)n1. The average Bonchev–Trinajstić information content (AvgIpc) is 3.26. The molecule has 0 unspecified atom stereocenters. The largest absolute Gasteiger partial charge is 0.322 e. The van der Waals surface area contributed by atoms with Crippen molar-refractivity contribution in [1.29, 1.82) is 0 Å². The molecule has 3 aromatic rings. The molecule has 0 fully saturated rings. The van der Waals surface area contributed by atoms with E-state index >= 15 is 0 Å². The number of thioether (sulfide) groups is 1. The van der Waals surface area contributed by atoms with Crippen LogP contribution in [-0.2, 0) is 18.3 Å². The Balaban J connectivity index is 1.54. The van der Waals surface area contributed by atoms with Crippen molar-refractivity contribution in [3.05, 3.63) is 39.6 Å². The molecule has 0 aromatic carbocycles. The summed E-state index contributed by atoms with van der Waals surface area (Å²) in [5, 5.41) is 16.9. The average molecular weight is 362 g/mol. The lowest BCUT2D eigenvalue weighted by Gasteiger charge is -2.04. The molecule has 3 rings (SSSR count).